The highest BCUT2D eigenvalue weighted by Gasteiger charge is 2.14. The molecule has 0 saturated carbocycles. The average Bonchev–Trinajstić information content (AvgIpc) is 2.52. The van der Waals surface area contributed by atoms with Gasteiger partial charge in [-0.3, -0.25) is 4.79 Å². The Morgan fingerprint density at radius 1 is 1.24 bits per heavy atom. The summed E-state index contributed by atoms with van der Waals surface area (Å²) in [4.78, 5) is 12.2. The van der Waals surface area contributed by atoms with E-state index in [2.05, 4.69) is 5.32 Å². The van der Waals surface area contributed by atoms with E-state index in [0.717, 1.165) is 16.9 Å². The number of carbonyl (C=O) groups is 1. The van der Waals surface area contributed by atoms with Crippen molar-refractivity contribution in [2.24, 2.45) is 0 Å². The molecule has 0 aliphatic heterocycles. The average molecular weight is 284 g/mol. The number of nitrogen functional groups attached to an aromatic ring is 1. The van der Waals surface area contributed by atoms with Crippen molar-refractivity contribution in [1.82, 2.24) is 5.32 Å². The van der Waals surface area contributed by atoms with E-state index in [-0.39, 0.29) is 11.8 Å². The molecule has 0 aromatic heterocycles. The van der Waals surface area contributed by atoms with Gasteiger partial charge >= 0.3 is 0 Å². The van der Waals surface area contributed by atoms with Crippen molar-refractivity contribution in [3.8, 4) is 5.75 Å². The van der Waals surface area contributed by atoms with Gasteiger partial charge in [-0.25, -0.2) is 0 Å². The van der Waals surface area contributed by atoms with Gasteiger partial charge in [0.05, 0.1) is 13.0 Å². The third-order valence-corrected chi connectivity index (χ3v) is 3.43. The molecular formula is C17H20N2O2. The van der Waals surface area contributed by atoms with Crippen LogP contribution in [0.2, 0.25) is 0 Å². The minimum absolute atomic E-state index is 0.0172. The molecule has 0 saturated heterocycles. The quantitative estimate of drug-likeness (QED) is 0.830. The molecule has 0 heterocycles. The van der Waals surface area contributed by atoms with Crippen molar-refractivity contribution in [1.29, 1.82) is 0 Å². The third-order valence-electron chi connectivity index (χ3n) is 3.43. The first-order valence-electron chi connectivity index (χ1n) is 6.86. The van der Waals surface area contributed by atoms with E-state index in [1.165, 1.54) is 0 Å². The van der Waals surface area contributed by atoms with Crippen molar-refractivity contribution in [3.05, 3.63) is 59.7 Å². The standard InChI is InChI=1S/C17H20N2O2/c1-12(14-4-3-5-15(18)10-14)17(20)19-11-13-6-8-16(21-2)9-7-13/h3-10,12H,11,18H2,1-2H3,(H,19,20). The van der Waals surface area contributed by atoms with Crippen LogP contribution in [0.25, 0.3) is 0 Å². The van der Waals surface area contributed by atoms with Gasteiger partial charge in [-0.1, -0.05) is 24.3 Å². The van der Waals surface area contributed by atoms with Crippen molar-refractivity contribution < 1.29 is 9.53 Å². The molecule has 0 fully saturated rings. The van der Waals surface area contributed by atoms with Gasteiger partial charge in [0.1, 0.15) is 5.75 Å². The highest BCUT2D eigenvalue weighted by Crippen LogP contribution is 2.18. The van der Waals surface area contributed by atoms with Gasteiger partial charge < -0.3 is 15.8 Å². The molecule has 0 spiro atoms. The number of anilines is 1. The predicted molar refractivity (Wildman–Crippen MR) is 84.1 cm³/mol. The Hall–Kier alpha value is -2.49. The number of nitrogens with one attached hydrogen (secondary N) is 1. The second-order valence-corrected chi connectivity index (χ2v) is 4.96. The summed E-state index contributed by atoms with van der Waals surface area (Å²) in [5, 5.41) is 2.93. The summed E-state index contributed by atoms with van der Waals surface area (Å²) in [7, 11) is 1.63. The lowest BCUT2D eigenvalue weighted by atomic mass is 10.00. The van der Waals surface area contributed by atoms with Crippen LogP contribution in [0.4, 0.5) is 5.69 Å². The summed E-state index contributed by atoms with van der Waals surface area (Å²) < 4.78 is 5.10. The molecule has 1 amide bonds. The molecule has 2 aromatic rings. The zero-order valence-corrected chi connectivity index (χ0v) is 12.3. The topological polar surface area (TPSA) is 64.3 Å². The van der Waals surface area contributed by atoms with Gasteiger partial charge in [-0.15, -0.1) is 0 Å². The molecule has 0 aliphatic carbocycles. The van der Waals surface area contributed by atoms with Crippen LogP contribution >= 0.6 is 0 Å². The summed E-state index contributed by atoms with van der Waals surface area (Å²) in [6, 6.07) is 15.0. The summed E-state index contributed by atoms with van der Waals surface area (Å²) in [5.41, 5.74) is 8.36. The van der Waals surface area contributed by atoms with E-state index in [4.69, 9.17) is 10.5 Å². The summed E-state index contributed by atoms with van der Waals surface area (Å²) in [5.74, 6) is 0.557. The number of benzene rings is 2. The Kier molecular flexibility index (Phi) is 4.82. The molecular weight excluding hydrogens is 264 g/mol. The fourth-order valence-electron chi connectivity index (χ4n) is 2.07. The second-order valence-electron chi connectivity index (χ2n) is 4.96. The first-order chi connectivity index (χ1) is 10.1. The van der Waals surface area contributed by atoms with Crippen molar-refractivity contribution in [3.63, 3.8) is 0 Å². The van der Waals surface area contributed by atoms with E-state index < -0.39 is 0 Å². The van der Waals surface area contributed by atoms with Crippen LogP contribution < -0.4 is 15.8 Å². The van der Waals surface area contributed by atoms with E-state index in [9.17, 15) is 4.79 Å². The number of amides is 1. The summed E-state index contributed by atoms with van der Waals surface area (Å²) >= 11 is 0. The predicted octanol–water partition coefficient (Wildman–Crippen LogP) is 2.70. The molecule has 0 bridgehead atoms. The van der Waals surface area contributed by atoms with Crippen molar-refractivity contribution in [2.75, 3.05) is 12.8 Å². The molecule has 2 aromatic carbocycles. The lowest BCUT2D eigenvalue weighted by Gasteiger charge is -2.13. The van der Waals surface area contributed by atoms with Crippen molar-refractivity contribution in [2.45, 2.75) is 19.4 Å². The van der Waals surface area contributed by atoms with Crippen LogP contribution in [0.3, 0.4) is 0 Å². The number of ether oxygens (including phenoxy) is 1. The molecule has 0 radical (unpaired) electrons. The fraction of sp³-hybridized carbons (Fsp3) is 0.235. The molecule has 2 rings (SSSR count). The largest absolute Gasteiger partial charge is 0.497 e. The van der Waals surface area contributed by atoms with E-state index in [0.29, 0.717) is 12.2 Å². The Labute approximate surface area is 124 Å². The van der Waals surface area contributed by atoms with Gasteiger partial charge in [0.15, 0.2) is 0 Å². The highest BCUT2D eigenvalue weighted by atomic mass is 16.5. The molecule has 1 unspecified atom stereocenters. The Balaban J connectivity index is 1.94. The maximum absolute atomic E-state index is 12.2. The van der Waals surface area contributed by atoms with Crippen LogP contribution in [0.1, 0.15) is 24.0 Å². The smallest absolute Gasteiger partial charge is 0.227 e. The fourth-order valence-corrected chi connectivity index (χ4v) is 2.07. The van der Waals surface area contributed by atoms with E-state index >= 15 is 0 Å². The van der Waals surface area contributed by atoms with Crippen LogP contribution in [0.5, 0.6) is 5.75 Å². The first-order valence-corrected chi connectivity index (χ1v) is 6.86. The number of hydrogen-bond donors (Lipinski definition) is 2. The highest BCUT2D eigenvalue weighted by molar-refractivity contribution is 5.83. The van der Waals surface area contributed by atoms with Crippen molar-refractivity contribution >= 4 is 11.6 Å². The monoisotopic (exact) mass is 284 g/mol. The van der Waals surface area contributed by atoms with Gasteiger partial charge in [-0.2, -0.15) is 0 Å². The van der Waals surface area contributed by atoms with Gasteiger partial charge in [0.25, 0.3) is 0 Å². The summed E-state index contributed by atoms with van der Waals surface area (Å²) in [6.45, 7) is 2.37. The zero-order chi connectivity index (χ0) is 15.2. The normalized spacial score (nSPS) is 11.7. The zero-order valence-electron chi connectivity index (χ0n) is 12.3. The minimum atomic E-state index is -0.230. The number of methoxy groups -OCH3 is 1. The number of nitrogens with two attached hydrogens (primary N) is 1. The lowest BCUT2D eigenvalue weighted by Crippen LogP contribution is -2.27. The van der Waals surface area contributed by atoms with Gasteiger partial charge in [0.2, 0.25) is 5.91 Å². The molecule has 1 atom stereocenters. The summed E-state index contributed by atoms with van der Waals surface area (Å²) in [6.07, 6.45) is 0. The van der Waals surface area contributed by atoms with Crippen LogP contribution in [0.15, 0.2) is 48.5 Å². The second kappa shape index (κ2) is 6.79. The molecule has 0 aliphatic rings. The van der Waals surface area contributed by atoms with Gasteiger partial charge in [-0.05, 0) is 42.3 Å². The maximum atomic E-state index is 12.2. The van der Waals surface area contributed by atoms with Crippen LogP contribution in [-0.4, -0.2) is 13.0 Å². The van der Waals surface area contributed by atoms with Gasteiger partial charge in [0, 0.05) is 12.2 Å². The molecule has 21 heavy (non-hydrogen) atoms. The first kappa shape index (κ1) is 14.9. The maximum Gasteiger partial charge on any atom is 0.227 e. The van der Waals surface area contributed by atoms with Crippen LogP contribution in [-0.2, 0) is 11.3 Å². The number of rotatable bonds is 5. The SMILES string of the molecule is COc1ccc(CNC(=O)C(C)c2cccc(N)c2)cc1. The minimum Gasteiger partial charge on any atom is -0.497 e. The van der Waals surface area contributed by atoms with E-state index in [1.54, 1.807) is 7.11 Å². The van der Waals surface area contributed by atoms with Crippen LogP contribution in [0, 0.1) is 0 Å². The van der Waals surface area contributed by atoms with E-state index in [1.807, 2.05) is 55.5 Å². The molecule has 3 N–H and O–H groups in total. The molecule has 110 valence electrons. The Morgan fingerprint density at radius 2 is 1.95 bits per heavy atom. The Bertz CT molecular complexity index is 608. The Morgan fingerprint density at radius 3 is 2.57 bits per heavy atom. The third kappa shape index (κ3) is 3.99. The molecule has 4 heteroatoms. The number of carbonyl (C=O) groups excluding carboxylic acids is 1. The molecule has 4 nitrogen and oxygen atoms in total. The number of hydrogen-bond acceptors (Lipinski definition) is 3. The lowest BCUT2D eigenvalue weighted by molar-refractivity contribution is -0.122.